The topological polar surface area (TPSA) is 15.3 Å². The molecule has 0 bridgehead atoms. The SMILES string of the molecule is Fc1cccc(NC2CCN(Cc3ccccc3Cl)CC2)c1. The minimum Gasteiger partial charge on any atom is -0.382 e. The van der Waals surface area contributed by atoms with Gasteiger partial charge in [-0.25, -0.2) is 4.39 Å². The van der Waals surface area contributed by atoms with E-state index in [2.05, 4.69) is 16.3 Å². The maximum Gasteiger partial charge on any atom is 0.125 e. The largest absolute Gasteiger partial charge is 0.382 e. The van der Waals surface area contributed by atoms with Gasteiger partial charge in [0.2, 0.25) is 0 Å². The third-order valence-corrected chi connectivity index (χ3v) is 4.50. The Kier molecular flexibility index (Phi) is 4.96. The van der Waals surface area contributed by atoms with Gasteiger partial charge in [0, 0.05) is 36.4 Å². The van der Waals surface area contributed by atoms with E-state index in [0.29, 0.717) is 6.04 Å². The quantitative estimate of drug-likeness (QED) is 0.889. The highest BCUT2D eigenvalue weighted by atomic mass is 35.5. The Balaban J connectivity index is 1.51. The summed E-state index contributed by atoms with van der Waals surface area (Å²) in [6.07, 6.45) is 2.11. The van der Waals surface area contributed by atoms with E-state index >= 15 is 0 Å². The summed E-state index contributed by atoms with van der Waals surface area (Å²) in [4.78, 5) is 2.42. The normalized spacial score (nSPS) is 16.6. The van der Waals surface area contributed by atoms with E-state index in [1.807, 2.05) is 24.3 Å². The van der Waals surface area contributed by atoms with E-state index in [-0.39, 0.29) is 5.82 Å². The van der Waals surface area contributed by atoms with Crippen LogP contribution in [0.3, 0.4) is 0 Å². The van der Waals surface area contributed by atoms with Crippen molar-refractivity contribution in [3.05, 3.63) is 64.9 Å². The van der Waals surface area contributed by atoms with Crippen LogP contribution in [0.25, 0.3) is 0 Å². The van der Waals surface area contributed by atoms with Gasteiger partial charge < -0.3 is 5.32 Å². The summed E-state index contributed by atoms with van der Waals surface area (Å²) in [6.45, 7) is 2.95. The Morgan fingerprint density at radius 2 is 1.86 bits per heavy atom. The van der Waals surface area contributed by atoms with Crippen LogP contribution in [0, 0.1) is 5.82 Å². The van der Waals surface area contributed by atoms with Crippen molar-refractivity contribution in [3.8, 4) is 0 Å². The van der Waals surface area contributed by atoms with Gasteiger partial charge in [0.25, 0.3) is 0 Å². The third kappa shape index (κ3) is 3.99. The summed E-state index contributed by atoms with van der Waals surface area (Å²) in [7, 11) is 0. The lowest BCUT2D eigenvalue weighted by atomic mass is 10.0. The fourth-order valence-electron chi connectivity index (χ4n) is 2.92. The second kappa shape index (κ2) is 7.12. The molecule has 2 aromatic rings. The average molecular weight is 319 g/mol. The molecule has 2 aromatic carbocycles. The molecule has 4 heteroatoms. The lowest BCUT2D eigenvalue weighted by Gasteiger charge is -2.33. The predicted octanol–water partition coefficient (Wildman–Crippen LogP) is 4.56. The number of benzene rings is 2. The highest BCUT2D eigenvalue weighted by Gasteiger charge is 2.19. The van der Waals surface area contributed by atoms with Crippen LogP contribution in [0.1, 0.15) is 18.4 Å². The molecule has 0 radical (unpaired) electrons. The maximum absolute atomic E-state index is 13.2. The van der Waals surface area contributed by atoms with E-state index < -0.39 is 0 Å². The molecule has 116 valence electrons. The van der Waals surface area contributed by atoms with Crippen molar-refractivity contribution in [2.45, 2.75) is 25.4 Å². The van der Waals surface area contributed by atoms with Crippen LogP contribution >= 0.6 is 11.6 Å². The molecule has 1 aliphatic heterocycles. The molecule has 0 aromatic heterocycles. The number of halogens is 2. The standard InChI is InChI=1S/C18H20ClFN2/c19-18-7-2-1-4-14(18)13-22-10-8-16(9-11-22)21-17-6-3-5-15(20)12-17/h1-7,12,16,21H,8-11,13H2. The van der Waals surface area contributed by atoms with Crippen LogP contribution in [0.15, 0.2) is 48.5 Å². The first-order valence-electron chi connectivity index (χ1n) is 7.68. The summed E-state index contributed by atoms with van der Waals surface area (Å²) >= 11 is 6.22. The minimum atomic E-state index is -0.193. The summed E-state index contributed by atoms with van der Waals surface area (Å²) in [5, 5.41) is 4.26. The fraction of sp³-hybridized carbons (Fsp3) is 0.333. The smallest absolute Gasteiger partial charge is 0.125 e. The first kappa shape index (κ1) is 15.3. The molecule has 0 atom stereocenters. The molecule has 1 aliphatic rings. The van der Waals surface area contributed by atoms with E-state index in [1.165, 1.54) is 11.6 Å². The molecule has 22 heavy (non-hydrogen) atoms. The van der Waals surface area contributed by atoms with Gasteiger partial charge in [-0.15, -0.1) is 0 Å². The van der Waals surface area contributed by atoms with Gasteiger partial charge in [-0.05, 0) is 42.7 Å². The van der Waals surface area contributed by atoms with Gasteiger partial charge in [-0.3, -0.25) is 4.90 Å². The van der Waals surface area contributed by atoms with E-state index in [1.54, 1.807) is 12.1 Å². The molecule has 0 aliphatic carbocycles. The highest BCUT2D eigenvalue weighted by Crippen LogP contribution is 2.21. The van der Waals surface area contributed by atoms with Crippen LogP contribution in [0.5, 0.6) is 0 Å². The summed E-state index contributed by atoms with van der Waals surface area (Å²) in [6, 6.07) is 15.1. The minimum absolute atomic E-state index is 0.193. The van der Waals surface area contributed by atoms with Crippen molar-refractivity contribution >= 4 is 17.3 Å². The second-order valence-corrected chi connectivity index (χ2v) is 6.20. The molecule has 0 spiro atoms. The van der Waals surface area contributed by atoms with Gasteiger partial charge >= 0.3 is 0 Å². The number of nitrogens with zero attached hydrogens (tertiary/aromatic N) is 1. The maximum atomic E-state index is 13.2. The van der Waals surface area contributed by atoms with Gasteiger partial charge in [-0.2, -0.15) is 0 Å². The zero-order valence-electron chi connectivity index (χ0n) is 12.4. The number of anilines is 1. The molecule has 3 rings (SSSR count). The van der Waals surface area contributed by atoms with Gasteiger partial charge in [0.15, 0.2) is 0 Å². The molecule has 0 amide bonds. The molecule has 0 unspecified atom stereocenters. The predicted molar refractivity (Wildman–Crippen MR) is 89.8 cm³/mol. The van der Waals surface area contributed by atoms with Crippen LogP contribution in [0.4, 0.5) is 10.1 Å². The molecule has 0 saturated carbocycles. The summed E-state index contributed by atoms with van der Waals surface area (Å²) in [5.74, 6) is -0.193. The lowest BCUT2D eigenvalue weighted by Crippen LogP contribution is -2.38. The first-order valence-corrected chi connectivity index (χ1v) is 8.06. The van der Waals surface area contributed by atoms with Gasteiger partial charge in [0.1, 0.15) is 5.82 Å². The molecule has 1 saturated heterocycles. The number of rotatable bonds is 4. The fourth-order valence-corrected chi connectivity index (χ4v) is 3.11. The number of hydrogen-bond acceptors (Lipinski definition) is 2. The molecule has 1 heterocycles. The zero-order valence-corrected chi connectivity index (χ0v) is 13.2. The Bertz CT molecular complexity index is 624. The number of nitrogens with one attached hydrogen (secondary N) is 1. The highest BCUT2D eigenvalue weighted by molar-refractivity contribution is 6.31. The Labute approximate surface area is 135 Å². The number of likely N-dealkylation sites (tertiary alicyclic amines) is 1. The van der Waals surface area contributed by atoms with Crippen molar-refractivity contribution in [1.29, 1.82) is 0 Å². The first-order chi connectivity index (χ1) is 10.7. The van der Waals surface area contributed by atoms with Crippen LogP contribution < -0.4 is 5.32 Å². The van der Waals surface area contributed by atoms with Crippen LogP contribution in [-0.4, -0.2) is 24.0 Å². The summed E-state index contributed by atoms with van der Waals surface area (Å²) < 4.78 is 13.2. The monoisotopic (exact) mass is 318 g/mol. The second-order valence-electron chi connectivity index (χ2n) is 5.80. The van der Waals surface area contributed by atoms with Gasteiger partial charge in [0.05, 0.1) is 0 Å². The Hall–Kier alpha value is -1.58. The number of hydrogen-bond donors (Lipinski definition) is 1. The van der Waals surface area contributed by atoms with E-state index in [4.69, 9.17) is 11.6 Å². The van der Waals surface area contributed by atoms with Crippen LogP contribution in [-0.2, 0) is 6.54 Å². The van der Waals surface area contributed by atoms with Gasteiger partial charge in [-0.1, -0.05) is 35.9 Å². The zero-order chi connectivity index (χ0) is 15.4. The Morgan fingerprint density at radius 1 is 1.09 bits per heavy atom. The lowest BCUT2D eigenvalue weighted by molar-refractivity contribution is 0.211. The van der Waals surface area contributed by atoms with E-state index in [0.717, 1.165) is 43.2 Å². The van der Waals surface area contributed by atoms with Crippen molar-refractivity contribution < 1.29 is 4.39 Å². The summed E-state index contributed by atoms with van der Waals surface area (Å²) in [5.41, 5.74) is 2.05. The van der Waals surface area contributed by atoms with E-state index in [9.17, 15) is 4.39 Å². The third-order valence-electron chi connectivity index (χ3n) is 4.13. The molecular weight excluding hydrogens is 299 g/mol. The average Bonchev–Trinajstić information content (AvgIpc) is 2.52. The van der Waals surface area contributed by atoms with Crippen molar-refractivity contribution in [2.24, 2.45) is 0 Å². The molecule has 2 nitrogen and oxygen atoms in total. The van der Waals surface area contributed by atoms with Crippen molar-refractivity contribution in [3.63, 3.8) is 0 Å². The molecule has 1 fully saturated rings. The molecule has 1 N–H and O–H groups in total. The van der Waals surface area contributed by atoms with Crippen molar-refractivity contribution in [1.82, 2.24) is 4.90 Å². The van der Waals surface area contributed by atoms with Crippen LogP contribution in [0.2, 0.25) is 5.02 Å². The number of piperidine rings is 1. The van der Waals surface area contributed by atoms with Crippen molar-refractivity contribution in [2.75, 3.05) is 18.4 Å². The molecular formula is C18H20ClFN2. The Morgan fingerprint density at radius 3 is 2.59 bits per heavy atom.